The number of ether oxygens (including phenoxy) is 1. The molecule has 1 saturated heterocycles. The Kier molecular flexibility index (Phi) is 10.4. The van der Waals surface area contributed by atoms with Gasteiger partial charge in [0.25, 0.3) is 0 Å². The van der Waals surface area contributed by atoms with E-state index < -0.39 is 18.4 Å². The number of nitrogens with zero attached hydrogens (tertiary/aromatic N) is 1. The van der Waals surface area contributed by atoms with Gasteiger partial charge < -0.3 is 0 Å². The van der Waals surface area contributed by atoms with Crippen molar-refractivity contribution in [1.29, 1.82) is 0 Å². The molecule has 1 heterocycles. The second-order valence-electron chi connectivity index (χ2n) is 9.40. The molecule has 1 fully saturated rings. The summed E-state index contributed by atoms with van der Waals surface area (Å²) in [5, 5.41) is 0. The first-order valence-corrected chi connectivity index (χ1v) is 20.4. The monoisotopic (exact) mass is 555 g/mol. The molecule has 1 aliphatic rings. The number of carbonyl (C=O) groups is 1. The molecule has 0 saturated carbocycles. The summed E-state index contributed by atoms with van der Waals surface area (Å²) in [7, 11) is 0. The molecule has 0 N–H and O–H groups in total. The van der Waals surface area contributed by atoms with E-state index in [2.05, 4.69) is 86.3 Å². The zero-order chi connectivity index (χ0) is 23.5. The molecule has 33 heavy (non-hydrogen) atoms. The van der Waals surface area contributed by atoms with Crippen LogP contribution in [0.1, 0.15) is 76.5 Å². The van der Waals surface area contributed by atoms with E-state index in [9.17, 15) is 4.79 Å². The van der Waals surface area contributed by atoms with Gasteiger partial charge in [-0.05, 0) is 0 Å². The van der Waals surface area contributed by atoms with Gasteiger partial charge in [0.05, 0.1) is 0 Å². The molecule has 178 valence electrons. The fourth-order valence-electron chi connectivity index (χ4n) is 5.10. The molecule has 0 aromatic heterocycles. The zero-order valence-corrected chi connectivity index (χ0v) is 23.6. The van der Waals surface area contributed by atoms with Crippen molar-refractivity contribution >= 4 is 30.5 Å². The van der Waals surface area contributed by atoms with Crippen LogP contribution in [0.2, 0.25) is 13.3 Å². The second-order valence-corrected chi connectivity index (χ2v) is 22.5. The SMILES string of the molecule is CCC[CH2][Sn]([CH2]CCC)([CH2]CCC)/[C](=C\c1ccccc1)N1C(=O)OC[C@H]1c1ccccc1. The van der Waals surface area contributed by atoms with Crippen LogP contribution in [0.25, 0.3) is 6.08 Å². The summed E-state index contributed by atoms with van der Waals surface area (Å²) in [4.78, 5) is 15.5. The van der Waals surface area contributed by atoms with E-state index in [1.807, 2.05) is 6.07 Å². The van der Waals surface area contributed by atoms with Crippen molar-refractivity contribution in [3.05, 3.63) is 75.5 Å². The molecule has 1 amide bonds. The third-order valence-electron chi connectivity index (χ3n) is 6.99. The Bertz CT molecular complexity index is 859. The van der Waals surface area contributed by atoms with Gasteiger partial charge in [-0.25, -0.2) is 0 Å². The van der Waals surface area contributed by atoms with Crippen molar-refractivity contribution in [3.63, 3.8) is 0 Å². The van der Waals surface area contributed by atoms with Gasteiger partial charge in [-0.3, -0.25) is 0 Å². The average Bonchev–Trinajstić information content (AvgIpc) is 3.24. The first-order valence-electron chi connectivity index (χ1n) is 12.9. The number of amides is 1. The molecule has 0 aliphatic carbocycles. The van der Waals surface area contributed by atoms with E-state index in [1.165, 1.54) is 66.7 Å². The summed E-state index contributed by atoms with van der Waals surface area (Å²) in [6.45, 7) is 7.33. The quantitative estimate of drug-likeness (QED) is 0.232. The maximum atomic E-state index is 13.4. The first-order chi connectivity index (χ1) is 16.1. The van der Waals surface area contributed by atoms with Gasteiger partial charge >= 0.3 is 206 Å². The number of benzene rings is 2. The third kappa shape index (κ3) is 6.65. The average molecular weight is 554 g/mol. The molecule has 0 radical (unpaired) electrons. The van der Waals surface area contributed by atoms with E-state index in [-0.39, 0.29) is 12.1 Å². The van der Waals surface area contributed by atoms with Crippen molar-refractivity contribution in [2.24, 2.45) is 0 Å². The van der Waals surface area contributed by atoms with Crippen molar-refractivity contribution in [1.82, 2.24) is 4.90 Å². The molecule has 2 aromatic carbocycles. The Morgan fingerprint density at radius 2 is 1.39 bits per heavy atom. The Labute approximate surface area is 205 Å². The van der Waals surface area contributed by atoms with Crippen LogP contribution in [0.15, 0.2) is 64.4 Å². The summed E-state index contributed by atoms with van der Waals surface area (Å²) >= 11 is -2.96. The summed E-state index contributed by atoms with van der Waals surface area (Å²) in [5.74, 6) is 0. The number of hydrogen-bond acceptors (Lipinski definition) is 2. The predicted octanol–water partition coefficient (Wildman–Crippen LogP) is 8.61. The Hall–Kier alpha value is -1.75. The molecule has 1 atom stereocenters. The van der Waals surface area contributed by atoms with Crippen LogP contribution in [0.3, 0.4) is 0 Å². The maximum absolute atomic E-state index is 13.4. The molecular weight excluding hydrogens is 513 g/mol. The van der Waals surface area contributed by atoms with E-state index in [1.54, 1.807) is 0 Å². The molecule has 0 bridgehead atoms. The van der Waals surface area contributed by atoms with Crippen LogP contribution in [0.4, 0.5) is 4.79 Å². The van der Waals surface area contributed by atoms with Crippen LogP contribution in [0.5, 0.6) is 0 Å². The molecule has 4 heteroatoms. The van der Waals surface area contributed by atoms with Crippen LogP contribution in [-0.2, 0) is 4.74 Å². The van der Waals surface area contributed by atoms with E-state index in [0.717, 1.165) is 0 Å². The fourth-order valence-corrected chi connectivity index (χ4v) is 21.8. The van der Waals surface area contributed by atoms with E-state index in [0.29, 0.717) is 6.61 Å². The molecule has 3 nitrogen and oxygen atoms in total. The van der Waals surface area contributed by atoms with Crippen molar-refractivity contribution in [3.8, 4) is 0 Å². The molecule has 3 rings (SSSR count). The van der Waals surface area contributed by atoms with Crippen LogP contribution in [-0.4, -0.2) is 36.0 Å². The summed E-state index contributed by atoms with van der Waals surface area (Å²) in [6.07, 6.45) is 9.63. The van der Waals surface area contributed by atoms with Crippen LogP contribution >= 0.6 is 0 Å². The van der Waals surface area contributed by atoms with Gasteiger partial charge in [0.1, 0.15) is 0 Å². The minimum atomic E-state index is -2.96. The van der Waals surface area contributed by atoms with Crippen LogP contribution < -0.4 is 0 Å². The Morgan fingerprint density at radius 1 is 0.879 bits per heavy atom. The number of hydrogen-bond donors (Lipinski definition) is 0. The number of carbonyl (C=O) groups excluding carboxylic acids is 1. The molecule has 0 spiro atoms. The molecule has 2 aromatic rings. The van der Waals surface area contributed by atoms with Gasteiger partial charge in [0.2, 0.25) is 0 Å². The van der Waals surface area contributed by atoms with Crippen molar-refractivity contribution in [2.75, 3.05) is 6.61 Å². The number of cyclic esters (lactones) is 1. The predicted molar refractivity (Wildman–Crippen MR) is 142 cm³/mol. The van der Waals surface area contributed by atoms with Crippen molar-refractivity contribution in [2.45, 2.75) is 78.6 Å². The van der Waals surface area contributed by atoms with Crippen LogP contribution in [0, 0.1) is 0 Å². The number of rotatable bonds is 13. The fraction of sp³-hybridized carbons (Fsp3) is 0.483. The van der Waals surface area contributed by atoms with Gasteiger partial charge in [-0.2, -0.15) is 0 Å². The second kappa shape index (κ2) is 13.2. The number of unbranched alkanes of at least 4 members (excludes halogenated alkanes) is 3. The topological polar surface area (TPSA) is 29.5 Å². The van der Waals surface area contributed by atoms with Gasteiger partial charge in [-0.15, -0.1) is 0 Å². The van der Waals surface area contributed by atoms with Crippen molar-refractivity contribution < 1.29 is 9.53 Å². The molecular formula is C29H41NO2Sn. The zero-order valence-electron chi connectivity index (χ0n) is 20.8. The first kappa shape index (κ1) is 25.9. The Morgan fingerprint density at radius 3 is 1.91 bits per heavy atom. The van der Waals surface area contributed by atoms with Gasteiger partial charge in [-0.1, -0.05) is 0 Å². The molecule has 0 unspecified atom stereocenters. The summed E-state index contributed by atoms with van der Waals surface area (Å²) < 4.78 is 11.0. The van der Waals surface area contributed by atoms with Gasteiger partial charge in [0, 0.05) is 0 Å². The van der Waals surface area contributed by atoms with E-state index >= 15 is 0 Å². The Balaban J connectivity index is 2.17. The van der Waals surface area contributed by atoms with Gasteiger partial charge in [0.15, 0.2) is 0 Å². The van der Waals surface area contributed by atoms with E-state index in [4.69, 9.17) is 4.74 Å². The standard InChI is InChI=1S/C17H14NO2.3C4H9.Sn/c19-17-18(12-11-14-7-3-1-4-8-14)16(13-20-17)15-9-5-2-6-10-15;3*1-3-4-2;/h1-11,16H,13H2;3*1,3-4H2,2H3;/t16-;;;;/m0..../s1. The minimum absolute atomic E-state index is 0.0328. The summed E-state index contributed by atoms with van der Waals surface area (Å²) in [6, 6.07) is 21.0. The summed E-state index contributed by atoms with van der Waals surface area (Å²) in [5.41, 5.74) is 2.37. The normalized spacial score (nSPS) is 16.8. The third-order valence-corrected chi connectivity index (χ3v) is 22.4. The molecule has 1 aliphatic heterocycles.